The molecule has 0 aliphatic carbocycles. The number of hydrogen-bond acceptors (Lipinski definition) is 7. The molecule has 0 saturated carbocycles. The smallest absolute Gasteiger partial charge is 0.305 e. The normalized spacial score (nSPS) is 16.9. The van der Waals surface area contributed by atoms with Gasteiger partial charge in [0, 0.05) is 37.4 Å². The average molecular weight is 518 g/mol. The van der Waals surface area contributed by atoms with Crippen molar-refractivity contribution in [2.24, 2.45) is 4.99 Å². The summed E-state index contributed by atoms with van der Waals surface area (Å²) in [5.74, 6) is -1.11. The Bertz CT molecular complexity index is 1430. The van der Waals surface area contributed by atoms with Gasteiger partial charge in [0.2, 0.25) is 5.96 Å². The Hall–Kier alpha value is -4.65. The monoisotopic (exact) mass is 517 g/mol. The molecular formula is C28H25F2N5O3. The summed E-state index contributed by atoms with van der Waals surface area (Å²) in [4.78, 5) is 22.6. The Morgan fingerprint density at radius 3 is 2.45 bits per heavy atom. The highest BCUT2D eigenvalue weighted by Crippen LogP contribution is 2.44. The number of halogens is 2. The summed E-state index contributed by atoms with van der Waals surface area (Å²) in [6, 6.07) is 17.0. The fourth-order valence-electron chi connectivity index (χ4n) is 4.98. The van der Waals surface area contributed by atoms with Gasteiger partial charge in [-0.25, -0.2) is 13.8 Å². The van der Waals surface area contributed by atoms with Crippen molar-refractivity contribution in [2.45, 2.75) is 12.5 Å². The molecule has 38 heavy (non-hydrogen) atoms. The molecule has 2 aliphatic heterocycles. The zero-order chi connectivity index (χ0) is 26.8. The second-order valence-corrected chi connectivity index (χ2v) is 9.02. The lowest BCUT2D eigenvalue weighted by Crippen LogP contribution is -2.55. The zero-order valence-corrected chi connectivity index (χ0v) is 20.6. The van der Waals surface area contributed by atoms with E-state index in [1.807, 2.05) is 4.90 Å². The van der Waals surface area contributed by atoms with Crippen LogP contribution in [0.1, 0.15) is 23.6 Å². The highest BCUT2D eigenvalue weighted by Gasteiger charge is 2.38. The van der Waals surface area contributed by atoms with Gasteiger partial charge in [-0.05, 0) is 48.5 Å². The third-order valence-corrected chi connectivity index (χ3v) is 6.81. The molecule has 10 heteroatoms. The van der Waals surface area contributed by atoms with Crippen molar-refractivity contribution in [3.05, 3.63) is 83.4 Å². The van der Waals surface area contributed by atoms with Crippen LogP contribution in [0.3, 0.4) is 0 Å². The number of benzene rings is 3. The summed E-state index contributed by atoms with van der Waals surface area (Å²) >= 11 is 0. The summed E-state index contributed by atoms with van der Waals surface area (Å²) < 4.78 is 34.0. The van der Waals surface area contributed by atoms with Gasteiger partial charge in [-0.1, -0.05) is 12.1 Å². The van der Waals surface area contributed by atoms with Gasteiger partial charge >= 0.3 is 5.97 Å². The van der Waals surface area contributed by atoms with E-state index in [0.29, 0.717) is 54.7 Å². The van der Waals surface area contributed by atoms with E-state index in [2.05, 4.69) is 11.0 Å². The summed E-state index contributed by atoms with van der Waals surface area (Å²) in [6.07, 6.45) is -0.328. The molecule has 2 aliphatic rings. The molecule has 2 heterocycles. The third kappa shape index (κ3) is 4.70. The van der Waals surface area contributed by atoms with Gasteiger partial charge < -0.3 is 24.5 Å². The fourth-order valence-corrected chi connectivity index (χ4v) is 4.98. The third-order valence-electron chi connectivity index (χ3n) is 6.81. The van der Waals surface area contributed by atoms with E-state index in [-0.39, 0.29) is 17.9 Å². The van der Waals surface area contributed by atoms with Crippen LogP contribution in [0, 0.1) is 23.0 Å². The molecule has 5 rings (SSSR count). The first-order valence-electron chi connectivity index (χ1n) is 12.1. The average Bonchev–Trinajstić information content (AvgIpc) is 2.93. The van der Waals surface area contributed by atoms with Crippen molar-refractivity contribution in [3.8, 4) is 11.8 Å². The number of para-hydroxylation sites is 1. The van der Waals surface area contributed by atoms with E-state index in [0.717, 1.165) is 5.69 Å². The number of ether oxygens (including phenoxy) is 1. The first-order chi connectivity index (χ1) is 18.4. The quantitative estimate of drug-likeness (QED) is 0.525. The van der Waals surface area contributed by atoms with E-state index >= 15 is 4.39 Å². The second kappa shape index (κ2) is 10.4. The summed E-state index contributed by atoms with van der Waals surface area (Å²) in [6.45, 7) is 2.16. The van der Waals surface area contributed by atoms with Crippen molar-refractivity contribution in [1.29, 1.82) is 5.26 Å². The molecule has 194 valence electrons. The number of piperazine rings is 1. The number of aliphatic imine (C=N–C) groups is 1. The van der Waals surface area contributed by atoms with E-state index in [4.69, 9.17) is 9.73 Å². The van der Waals surface area contributed by atoms with Crippen LogP contribution in [0.5, 0.6) is 5.75 Å². The van der Waals surface area contributed by atoms with Crippen molar-refractivity contribution in [3.63, 3.8) is 0 Å². The minimum atomic E-state index is -1.06. The van der Waals surface area contributed by atoms with Gasteiger partial charge in [-0.2, -0.15) is 5.26 Å². The Kier molecular flexibility index (Phi) is 6.83. The lowest BCUT2D eigenvalue weighted by molar-refractivity contribution is -0.137. The maximum Gasteiger partial charge on any atom is 0.305 e. The minimum Gasteiger partial charge on any atom is -0.495 e. The van der Waals surface area contributed by atoms with Crippen molar-refractivity contribution >= 4 is 29.0 Å². The number of aliphatic carboxylic acids is 1. The molecule has 0 bridgehead atoms. The maximum atomic E-state index is 15.0. The largest absolute Gasteiger partial charge is 0.495 e. The number of carbonyl (C=O) groups is 1. The van der Waals surface area contributed by atoms with Gasteiger partial charge in [-0.15, -0.1) is 0 Å². The lowest BCUT2D eigenvalue weighted by atomic mass is 9.96. The Balaban J connectivity index is 1.59. The van der Waals surface area contributed by atoms with Crippen LogP contribution in [0.4, 0.5) is 25.8 Å². The van der Waals surface area contributed by atoms with Crippen LogP contribution >= 0.6 is 0 Å². The van der Waals surface area contributed by atoms with Crippen LogP contribution < -0.4 is 14.5 Å². The van der Waals surface area contributed by atoms with Crippen molar-refractivity contribution < 1.29 is 23.4 Å². The molecule has 0 spiro atoms. The van der Waals surface area contributed by atoms with E-state index in [1.54, 1.807) is 41.3 Å². The molecule has 1 unspecified atom stereocenters. The van der Waals surface area contributed by atoms with E-state index < -0.39 is 17.8 Å². The molecule has 3 aromatic rings. The summed E-state index contributed by atoms with van der Waals surface area (Å²) in [5.41, 5.74) is 2.25. The topological polar surface area (TPSA) is 92.4 Å². The zero-order valence-electron chi connectivity index (χ0n) is 20.6. The number of nitriles is 1. The highest BCUT2D eigenvalue weighted by molar-refractivity contribution is 6.02. The number of guanidine groups is 1. The van der Waals surface area contributed by atoms with Gasteiger partial charge in [0.15, 0.2) is 0 Å². The Morgan fingerprint density at radius 1 is 1.08 bits per heavy atom. The number of methoxy groups -OCH3 is 1. The maximum absolute atomic E-state index is 15.0. The minimum absolute atomic E-state index is 0.0985. The second-order valence-electron chi connectivity index (χ2n) is 9.02. The van der Waals surface area contributed by atoms with Gasteiger partial charge in [-0.3, -0.25) is 4.79 Å². The SMILES string of the molecule is COc1ccc(C#N)cc1N1C(N2CCN(c3ccc(F)cc3)CC2)=Nc2c(F)cccc2C1CC(=O)O. The van der Waals surface area contributed by atoms with Gasteiger partial charge in [0.05, 0.1) is 36.9 Å². The fraction of sp³-hybridized carbons (Fsp3) is 0.250. The highest BCUT2D eigenvalue weighted by atomic mass is 19.1. The molecule has 8 nitrogen and oxygen atoms in total. The number of carboxylic acid groups (broad SMARTS) is 1. The van der Waals surface area contributed by atoms with Gasteiger partial charge in [0.25, 0.3) is 0 Å². The molecular weight excluding hydrogens is 492 g/mol. The predicted molar refractivity (Wildman–Crippen MR) is 139 cm³/mol. The summed E-state index contributed by atoms with van der Waals surface area (Å²) in [5, 5.41) is 19.4. The summed E-state index contributed by atoms with van der Waals surface area (Å²) in [7, 11) is 1.49. The molecule has 0 aromatic heterocycles. The predicted octanol–water partition coefficient (Wildman–Crippen LogP) is 4.69. The molecule has 1 atom stereocenters. The van der Waals surface area contributed by atoms with Gasteiger partial charge in [0.1, 0.15) is 23.1 Å². The Morgan fingerprint density at radius 2 is 1.79 bits per heavy atom. The number of carboxylic acids is 1. The van der Waals surface area contributed by atoms with Crippen LogP contribution in [0.25, 0.3) is 0 Å². The first kappa shape index (κ1) is 25.0. The number of nitrogens with zero attached hydrogens (tertiary/aromatic N) is 5. The lowest BCUT2D eigenvalue weighted by Gasteiger charge is -2.45. The molecule has 0 radical (unpaired) electrons. The van der Waals surface area contributed by atoms with Crippen LogP contribution in [0.15, 0.2) is 65.7 Å². The molecule has 0 amide bonds. The molecule has 1 saturated heterocycles. The molecule has 1 N–H and O–H groups in total. The first-order valence-corrected chi connectivity index (χ1v) is 12.1. The number of hydrogen-bond donors (Lipinski definition) is 1. The van der Waals surface area contributed by atoms with Crippen LogP contribution in [0.2, 0.25) is 0 Å². The van der Waals surface area contributed by atoms with E-state index in [9.17, 15) is 19.6 Å². The van der Waals surface area contributed by atoms with Crippen LogP contribution in [-0.4, -0.2) is 55.2 Å². The van der Waals surface area contributed by atoms with E-state index in [1.165, 1.54) is 31.4 Å². The number of anilines is 2. The standard InChI is InChI=1S/C28H25F2N5O3/c1-38-25-10-5-18(17-31)15-24(25)35-23(16-26(36)37)21-3-2-4-22(30)27(21)32-28(35)34-13-11-33(12-14-34)20-8-6-19(29)7-9-20/h2-10,15,23H,11-14,16H2,1H3,(H,36,37). The van der Waals surface area contributed by atoms with Crippen molar-refractivity contribution in [1.82, 2.24) is 4.90 Å². The Labute approximate surface area is 218 Å². The molecule has 3 aromatic carbocycles. The van der Waals surface area contributed by atoms with Crippen molar-refractivity contribution in [2.75, 3.05) is 43.1 Å². The molecule has 1 fully saturated rings. The van der Waals surface area contributed by atoms with Crippen LogP contribution in [-0.2, 0) is 4.79 Å². The number of rotatable bonds is 5. The number of fused-ring (bicyclic) bond motifs is 1.